The Morgan fingerprint density at radius 1 is 1.19 bits per heavy atom. The third kappa shape index (κ3) is 5.84. The number of amides is 1. The zero-order valence-electron chi connectivity index (χ0n) is 13.5. The standard InChI is InChI=1S/C17H27FN2O/c1-5-20(6-2)17(21)12-19-16(13(3)4)11-14-7-9-15(18)10-8-14/h7-10,13,16,19H,5-6,11-12H2,1-4H3/t16-/m0/s1. The van der Waals surface area contributed by atoms with Crippen molar-refractivity contribution in [2.75, 3.05) is 19.6 Å². The van der Waals surface area contributed by atoms with Crippen molar-refractivity contribution in [3.8, 4) is 0 Å². The zero-order chi connectivity index (χ0) is 15.8. The number of benzene rings is 1. The number of nitrogens with zero attached hydrogens (tertiary/aromatic N) is 1. The Morgan fingerprint density at radius 2 is 1.76 bits per heavy atom. The van der Waals surface area contributed by atoms with E-state index in [9.17, 15) is 9.18 Å². The smallest absolute Gasteiger partial charge is 0.236 e. The van der Waals surface area contributed by atoms with Crippen LogP contribution in [0.25, 0.3) is 0 Å². The van der Waals surface area contributed by atoms with Crippen molar-refractivity contribution in [2.24, 2.45) is 5.92 Å². The maximum Gasteiger partial charge on any atom is 0.236 e. The number of rotatable bonds is 8. The number of hydrogen-bond acceptors (Lipinski definition) is 2. The van der Waals surface area contributed by atoms with E-state index in [-0.39, 0.29) is 17.8 Å². The lowest BCUT2D eigenvalue weighted by Crippen LogP contribution is -2.44. The lowest BCUT2D eigenvalue weighted by atomic mass is 9.96. The van der Waals surface area contributed by atoms with Crippen LogP contribution >= 0.6 is 0 Å². The van der Waals surface area contributed by atoms with Crippen LogP contribution in [0.5, 0.6) is 0 Å². The fourth-order valence-electron chi connectivity index (χ4n) is 2.32. The van der Waals surface area contributed by atoms with E-state index in [1.807, 2.05) is 18.7 Å². The fraction of sp³-hybridized carbons (Fsp3) is 0.588. The molecule has 0 aliphatic heterocycles. The second-order valence-electron chi connectivity index (χ2n) is 5.63. The molecule has 0 radical (unpaired) electrons. The Hall–Kier alpha value is -1.42. The first-order chi connectivity index (χ1) is 9.97. The van der Waals surface area contributed by atoms with Gasteiger partial charge in [0.2, 0.25) is 5.91 Å². The van der Waals surface area contributed by atoms with Crippen molar-refractivity contribution >= 4 is 5.91 Å². The van der Waals surface area contributed by atoms with Gasteiger partial charge in [0, 0.05) is 19.1 Å². The van der Waals surface area contributed by atoms with Crippen LogP contribution in [0.2, 0.25) is 0 Å². The highest BCUT2D eigenvalue weighted by Crippen LogP contribution is 2.11. The van der Waals surface area contributed by atoms with E-state index in [4.69, 9.17) is 0 Å². The summed E-state index contributed by atoms with van der Waals surface area (Å²) < 4.78 is 12.9. The summed E-state index contributed by atoms with van der Waals surface area (Å²) in [4.78, 5) is 13.9. The minimum Gasteiger partial charge on any atom is -0.342 e. The zero-order valence-corrected chi connectivity index (χ0v) is 13.5. The number of carbonyl (C=O) groups is 1. The molecule has 0 fully saturated rings. The molecule has 0 aromatic heterocycles. The molecule has 1 aromatic rings. The highest BCUT2D eigenvalue weighted by Gasteiger charge is 2.17. The summed E-state index contributed by atoms with van der Waals surface area (Å²) in [5.74, 6) is 0.314. The Bertz CT molecular complexity index is 427. The minimum absolute atomic E-state index is 0.129. The topological polar surface area (TPSA) is 32.3 Å². The van der Waals surface area contributed by atoms with Crippen LogP contribution in [0.3, 0.4) is 0 Å². The third-order valence-electron chi connectivity index (χ3n) is 3.81. The Labute approximate surface area is 127 Å². The number of hydrogen-bond donors (Lipinski definition) is 1. The fourth-order valence-corrected chi connectivity index (χ4v) is 2.32. The summed E-state index contributed by atoms with van der Waals surface area (Å²) in [6.45, 7) is 10.1. The molecular weight excluding hydrogens is 267 g/mol. The third-order valence-corrected chi connectivity index (χ3v) is 3.81. The van der Waals surface area contributed by atoms with Crippen LogP contribution in [-0.2, 0) is 11.2 Å². The molecule has 1 N–H and O–H groups in total. The van der Waals surface area contributed by atoms with Crippen LogP contribution in [0.1, 0.15) is 33.3 Å². The van der Waals surface area contributed by atoms with Gasteiger partial charge in [-0.25, -0.2) is 4.39 Å². The van der Waals surface area contributed by atoms with Gasteiger partial charge in [0.1, 0.15) is 5.82 Å². The van der Waals surface area contributed by atoms with Crippen LogP contribution in [-0.4, -0.2) is 36.5 Å². The number of halogens is 1. The quantitative estimate of drug-likeness (QED) is 0.799. The molecule has 4 heteroatoms. The second kappa shape index (κ2) is 8.78. The first kappa shape index (κ1) is 17.6. The number of carbonyl (C=O) groups excluding carboxylic acids is 1. The molecule has 21 heavy (non-hydrogen) atoms. The normalized spacial score (nSPS) is 12.5. The highest BCUT2D eigenvalue weighted by atomic mass is 19.1. The Morgan fingerprint density at radius 3 is 2.24 bits per heavy atom. The van der Waals surface area contributed by atoms with Crippen molar-refractivity contribution in [1.29, 1.82) is 0 Å². The van der Waals surface area contributed by atoms with Crippen LogP contribution in [0.15, 0.2) is 24.3 Å². The molecule has 0 bridgehead atoms. The first-order valence-electron chi connectivity index (χ1n) is 7.73. The molecule has 3 nitrogen and oxygen atoms in total. The van der Waals surface area contributed by atoms with Gasteiger partial charge in [-0.15, -0.1) is 0 Å². The summed E-state index contributed by atoms with van der Waals surface area (Å²) in [5.41, 5.74) is 1.08. The van der Waals surface area contributed by atoms with E-state index < -0.39 is 0 Å². The van der Waals surface area contributed by atoms with Gasteiger partial charge in [-0.3, -0.25) is 4.79 Å². The van der Waals surface area contributed by atoms with Gasteiger partial charge in [-0.05, 0) is 43.9 Å². The molecule has 1 amide bonds. The Kier molecular flexibility index (Phi) is 7.37. The van der Waals surface area contributed by atoms with Crippen molar-refractivity contribution in [3.05, 3.63) is 35.6 Å². The maximum absolute atomic E-state index is 12.9. The molecule has 0 aliphatic carbocycles. The van der Waals surface area contributed by atoms with Crippen LogP contribution < -0.4 is 5.32 Å². The summed E-state index contributed by atoms with van der Waals surface area (Å²) in [6, 6.07) is 6.77. The SMILES string of the molecule is CCN(CC)C(=O)CN[C@@H](Cc1ccc(F)cc1)C(C)C. The predicted molar refractivity (Wildman–Crippen MR) is 84.7 cm³/mol. The van der Waals surface area contributed by atoms with E-state index in [2.05, 4.69) is 19.2 Å². The second-order valence-corrected chi connectivity index (χ2v) is 5.63. The summed E-state index contributed by atoms with van der Waals surface area (Å²) in [6.07, 6.45) is 0.795. The van der Waals surface area contributed by atoms with E-state index >= 15 is 0 Å². The van der Waals surface area contributed by atoms with Crippen molar-refractivity contribution in [3.63, 3.8) is 0 Å². The highest BCUT2D eigenvalue weighted by molar-refractivity contribution is 5.78. The van der Waals surface area contributed by atoms with Crippen molar-refractivity contribution in [2.45, 2.75) is 40.2 Å². The summed E-state index contributed by atoms with van der Waals surface area (Å²) in [7, 11) is 0. The molecule has 0 aliphatic rings. The largest absolute Gasteiger partial charge is 0.342 e. The molecule has 1 rings (SSSR count). The molecule has 0 unspecified atom stereocenters. The van der Waals surface area contributed by atoms with Gasteiger partial charge in [-0.1, -0.05) is 26.0 Å². The summed E-state index contributed by atoms with van der Waals surface area (Å²) >= 11 is 0. The Balaban J connectivity index is 2.58. The minimum atomic E-state index is -0.218. The van der Waals surface area contributed by atoms with Crippen molar-refractivity contribution in [1.82, 2.24) is 10.2 Å². The molecule has 118 valence electrons. The maximum atomic E-state index is 12.9. The van der Waals surface area contributed by atoms with Crippen LogP contribution in [0, 0.1) is 11.7 Å². The number of nitrogens with one attached hydrogen (secondary N) is 1. The monoisotopic (exact) mass is 294 g/mol. The van der Waals surface area contributed by atoms with Gasteiger partial charge in [0.15, 0.2) is 0 Å². The van der Waals surface area contributed by atoms with Gasteiger partial charge in [-0.2, -0.15) is 0 Å². The molecule has 0 saturated carbocycles. The average Bonchev–Trinajstić information content (AvgIpc) is 2.46. The molecular formula is C17H27FN2O. The molecule has 1 atom stereocenters. The van der Waals surface area contributed by atoms with Crippen molar-refractivity contribution < 1.29 is 9.18 Å². The predicted octanol–water partition coefficient (Wildman–Crippen LogP) is 2.85. The van der Waals surface area contributed by atoms with Gasteiger partial charge in [0.25, 0.3) is 0 Å². The molecule has 0 saturated heterocycles. The molecule has 0 spiro atoms. The van der Waals surface area contributed by atoms with E-state index in [0.717, 1.165) is 25.1 Å². The summed E-state index contributed by atoms with van der Waals surface area (Å²) in [5, 5.41) is 3.35. The van der Waals surface area contributed by atoms with Gasteiger partial charge >= 0.3 is 0 Å². The van der Waals surface area contributed by atoms with E-state index in [1.165, 1.54) is 12.1 Å². The average molecular weight is 294 g/mol. The van der Waals surface area contributed by atoms with Gasteiger partial charge < -0.3 is 10.2 Å². The molecule has 0 heterocycles. The lowest BCUT2D eigenvalue weighted by Gasteiger charge is -2.25. The number of likely N-dealkylation sites (N-methyl/N-ethyl adjacent to an activating group) is 1. The molecule has 1 aromatic carbocycles. The first-order valence-corrected chi connectivity index (χ1v) is 7.73. The van der Waals surface area contributed by atoms with E-state index in [1.54, 1.807) is 12.1 Å². The van der Waals surface area contributed by atoms with E-state index in [0.29, 0.717) is 12.5 Å². The van der Waals surface area contributed by atoms with Crippen LogP contribution in [0.4, 0.5) is 4.39 Å². The lowest BCUT2D eigenvalue weighted by molar-refractivity contribution is -0.130. The van der Waals surface area contributed by atoms with Gasteiger partial charge in [0.05, 0.1) is 6.54 Å².